The zero-order valence-corrected chi connectivity index (χ0v) is 6.92. The van der Waals surface area contributed by atoms with Crippen LogP contribution in [0.2, 0.25) is 0 Å². The maximum Gasteiger partial charge on any atom is 0.133 e. The second-order valence-corrected chi connectivity index (χ2v) is 2.56. The van der Waals surface area contributed by atoms with Crippen LogP contribution < -0.4 is 0 Å². The summed E-state index contributed by atoms with van der Waals surface area (Å²) in [6.45, 7) is 1.65. The number of hydrogen-bond acceptors (Lipinski definition) is 1. The van der Waals surface area contributed by atoms with E-state index in [1.165, 1.54) is 6.08 Å². The Balaban J connectivity index is 3.00. The van der Waals surface area contributed by atoms with Crippen molar-refractivity contribution in [1.82, 2.24) is 0 Å². The molecule has 0 bridgehead atoms. The maximum atomic E-state index is 13.2. The number of benzene rings is 1. The molecule has 1 nitrogen and oxygen atoms in total. The lowest BCUT2D eigenvalue weighted by Gasteiger charge is -1.98. The van der Waals surface area contributed by atoms with Gasteiger partial charge in [-0.05, 0) is 12.5 Å². The van der Waals surface area contributed by atoms with E-state index in [4.69, 9.17) is 5.11 Å². The second kappa shape index (κ2) is 4.02. The molecule has 0 aromatic heterocycles. The molecule has 0 saturated heterocycles. The van der Waals surface area contributed by atoms with E-state index >= 15 is 0 Å². The van der Waals surface area contributed by atoms with E-state index in [0.29, 0.717) is 11.1 Å². The van der Waals surface area contributed by atoms with Crippen molar-refractivity contribution in [3.8, 4) is 0 Å². The van der Waals surface area contributed by atoms with Crippen LogP contribution in [0.3, 0.4) is 0 Å². The SMILES string of the molecule is Cc1cccc(C=CCO)c1F. The molecule has 0 spiro atoms. The molecule has 0 fully saturated rings. The monoisotopic (exact) mass is 166 g/mol. The van der Waals surface area contributed by atoms with Crippen molar-refractivity contribution in [2.45, 2.75) is 6.92 Å². The van der Waals surface area contributed by atoms with Gasteiger partial charge in [-0.25, -0.2) is 4.39 Å². The topological polar surface area (TPSA) is 20.2 Å². The fourth-order valence-corrected chi connectivity index (χ4v) is 0.979. The summed E-state index contributed by atoms with van der Waals surface area (Å²) in [4.78, 5) is 0. The summed E-state index contributed by atoms with van der Waals surface area (Å²) in [6, 6.07) is 5.18. The quantitative estimate of drug-likeness (QED) is 0.713. The van der Waals surface area contributed by atoms with Gasteiger partial charge in [0.25, 0.3) is 0 Å². The first kappa shape index (κ1) is 8.94. The Labute approximate surface area is 71.2 Å². The molecular weight excluding hydrogens is 155 g/mol. The Bertz CT molecular complexity index is 292. The van der Waals surface area contributed by atoms with Crippen molar-refractivity contribution in [2.24, 2.45) is 0 Å². The molecule has 0 aliphatic rings. The Kier molecular flexibility index (Phi) is 3.00. The number of halogens is 1. The third kappa shape index (κ3) is 1.92. The third-order valence-electron chi connectivity index (χ3n) is 1.62. The minimum Gasteiger partial charge on any atom is -0.392 e. The van der Waals surface area contributed by atoms with Gasteiger partial charge in [0.1, 0.15) is 5.82 Å². The average Bonchev–Trinajstić information content (AvgIpc) is 2.08. The largest absolute Gasteiger partial charge is 0.392 e. The first-order valence-electron chi connectivity index (χ1n) is 3.78. The fourth-order valence-electron chi connectivity index (χ4n) is 0.979. The van der Waals surface area contributed by atoms with Gasteiger partial charge in [-0.1, -0.05) is 30.4 Å². The minimum absolute atomic E-state index is 0.0621. The summed E-state index contributed by atoms with van der Waals surface area (Å²) >= 11 is 0. The Morgan fingerprint density at radius 1 is 1.50 bits per heavy atom. The van der Waals surface area contributed by atoms with E-state index in [2.05, 4.69) is 0 Å². The van der Waals surface area contributed by atoms with E-state index < -0.39 is 0 Å². The molecule has 0 aliphatic heterocycles. The maximum absolute atomic E-state index is 13.2. The lowest BCUT2D eigenvalue weighted by Crippen LogP contribution is -1.86. The normalized spacial score (nSPS) is 10.9. The highest BCUT2D eigenvalue weighted by atomic mass is 19.1. The summed E-state index contributed by atoms with van der Waals surface area (Å²) < 4.78 is 13.2. The zero-order chi connectivity index (χ0) is 8.97. The van der Waals surface area contributed by atoms with Gasteiger partial charge in [-0.3, -0.25) is 0 Å². The molecule has 1 N–H and O–H groups in total. The van der Waals surface area contributed by atoms with Gasteiger partial charge >= 0.3 is 0 Å². The summed E-state index contributed by atoms with van der Waals surface area (Å²) in [6.07, 6.45) is 3.08. The molecule has 0 unspecified atom stereocenters. The van der Waals surface area contributed by atoms with Crippen LogP contribution in [0.15, 0.2) is 24.3 Å². The number of rotatable bonds is 2. The standard InChI is InChI=1S/C10H11FO/c1-8-4-2-5-9(10(8)11)6-3-7-12/h2-6,12H,7H2,1H3. The molecule has 2 heteroatoms. The third-order valence-corrected chi connectivity index (χ3v) is 1.62. The Morgan fingerprint density at radius 2 is 2.25 bits per heavy atom. The molecular formula is C10H11FO. The van der Waals surface area contributed by atoms with Gasteiger partial charge in [0, 0.05) is 5.56 Å². The zero-order valence-electron chi connectivity index (χ0n) is 6.92. The average molecular weight is 166 g/mol. The summed E-state index contributed by atoms with van der Waals surface area (Å²) in [5.41, 5.74) is 1.14. The summed E-state index contributed by atoms with van der Waals surface area (Å²) in [7, 11) is 0. The van der Waals surface area contributed by atoms with Crippen molar-refractivity contribution >= 4 is 6.08 Å². The molecule has 0 amide bonds. The van der Waals surface area contributed by atoms with Gasteiger partial charge in [-0.2, -0.15) is 0 Å². The second-order valence-electron chi connectivity index (χ2n) is 2.56. The van der Waals surface area contributed by atoms with Gasteiger partial charge in [-0.15, -0.1) is 0 Å². The predicted octanol–water partition coefficient (Wildman–Crippen LogP) is 2.14. The van der Waals surface area contributed by atoms with Crippen molar-refractivity contribution in [2.75, 3.05) is 6.61 Å². The van der Waals surface area contributed by atoms with Crippen LogP contribution >= 0.6 is 0 Å². The van der Waals surface area contributed by atoms with Crippen molar-refractivity contribution in [3.63, 3.8) is 0 Å². The van der Waals surface area contributed by atoms with Gasteiger partial charge in [0.05, 0.1) is 6.61 Å². The van der Waals surface area contributed by atoms with Crippen LogP contribution in [-0.4, -0.2) is 11.7 Å². The molecule has 0 heterocycles. The lowest BCUT2D eigenvalue weighted by atomic mass is 10.1. The molecule has 12 heavy (non-hydrogen) atoms. The number of aryl methyl sites for hydroxylation is 1. The van der Waals surface area contributed by atoms with Crippen molar-refractivity contribution in [3.05, 3.63) is 41.2 Å². The Hall–Kier alpha value is -1.15. The first-order valence-corrected chi connectivity index (χ1v) is 3.78. The van der Waals surface area contributed by atoms with Crippen molar-refractivity contribution < 1.29 is 9.50 Å². The Morgan fingerprint density at radius 3 is 2.92 bits per heavy atom. The highest BCUT2D eigenvalue weighted by molar-refractivity contribution is 5.51. The van der Waals surface area contributed by atoms with Crippen LogP contribution in [0.25, 0.3) is 6.08 Å². The minimum atomic E-state index is -0.220. The molecule has 1 aromatic carbocycles. The molecule has 0 radical (unpaired) electrons. The molecule has 1 aromatic rings. The van der Waals surface area contributed by atoms with Crippen LogP contribution in [0, 0.1) is 12.7 Å². The van der Waals surface area contributed by atoms with E-state index in [-0.39, 0.29) is 12.4 Å². The number of aliphatic hydroxyl groups is 1. The number of hydrogen-bond donors (Lipinski definition) is 1. The highest BCUT2D eigenvalue weighted by Gasteiger charge is 1.99. The van der Waals surface area contributed by atoms with Crippen LogP contribution in [0.4, 0.5) is 4.39 Å². The first-order chi connectivity index (χ1) is 5.75. The van der Waals surface area contributed by atoms with E-state index in [1.54, 1.807) is 31.2 Å². The smallest absolute Gasteiger partial charge is 0.133 e. The fraction of sp³-hybridized carbons (Fsp3) is 0.200. The van der Waals surface area contributed by atoms with Gasteiger partial charge in [0.15, 0.2) is 0 Å². The molecule has 0 saturated carbocycles. The van der Waals surface area contributed by atoms with E-state index in [9.17, 15) is 4.39 Å². The van der Waals surface area contributed by atoms with Gasteiger partial charge in [0.2, 0.25) is 0 Å². The van der Waals surface area contributed by atoms with E-state index in [1.807, 2.05) is 0 Å². The van der Waals surface area contributed by atoms with E-state index in [0.717, 1.165) is 0 Å². The van der Waals surface area contributed by atoms with Gasteiger partial charge < -0.3 is 5.11 Å². The molecule has 0 aliphatic carbocycles. The summed E-state index contributed by atoms with van der Waals surface area (Å²) in [5.74, 6) is -0.220. The van der Waals surface area contributed by atoms with Crippen molar-refractivity contribution in [1.29, 1.82) is 0 Å². The van der Waals surface area contributed by atoms with Crippen LogP contribution in [0.5, 0.6) is 0 Å². The number of aliphatic hydroxyl groups excluding tert-OH is 1. The highest BCUT2D eigenvalue weighted by Crippen LogP contribution is 2.12. The molecule has 0 atom stereocenters. The predicted molar refractivity (Wildman–Crippen MR) is 47.3 cm³/mol. The molecule has 1 rings (SSSR count). The van der Waals surface area contributed by atoms with Crippen LogP contribution in [-0.2, 0) is 0 Å². The van der Waals surface area contributed by atoms with Crippen LogP contribution in [0.1, 0.15) is 11.1 Å². The molecule has 64 valence electrons. The summed E-state index contributed by atoms with van der Waals surface area (Å²) in [5, 5.41) is 8.48. The lowest BCUT2D eigenvalue weighted by molar-refractivity contribution is 0.343.